The van der Waals surface area contributed by atoms with Crippen molar-refractivity contribution in [1.29, 1.82) is 0 Å². The lowest BCUT2D eigenvalue weighted by Gasteiger charge is -2.22. The highest BCUT2D eigenvalue weighted by atomic mass is 32.2. The van der Waals surface area contributed by atoms with Crippen LogP contribution in [0.25, 0.3) is 0 Å². The predicted octanol–water partition coefficient (Wildman–Crippen LogP) is 2.22. The van der Waals surface area contributed by atoms with E-state index < -0.39 is 10.0 Å². The summed E-state index contributed by atoms with van der Waals surface area (Å²) in [6, 6.07) is 3.46. The fraction of sp³-hybridized carbons (Fsp3) is 0.600. The third-order valence-electron chi connectivity index (χ3n) is 3.93. The Morgan fingerprint density at radius 3 is 2.40 bits per heavy atom. The van der Waals surface area contributed by atoms with E-state index in [4.69, 9.17) is 0 Å². The van der Waals surface area contributed by atoms with Gasteiger partial charge in [0.2, 0.25) is 10.0 Å². The molecule has 0 spiro atoms. The number of rotatable bonds is 6. The molecule has 20 heavy (non-hydrogen) atoms. The lowest BCUT2D eigenvalue weighted by atomic mass is 10.1. The molecule has 1 aromatic carbocycles. The second-order valence-corrected chi connectivity index (χ2v) is 7.51. The molecule has 0 amide bonds. The summed E-state index contributed by atoms with van der Waals surface area (Å²) >= 11 is 0. The molecule has 0 heterocycles. The van der Waals surface area contributed by atoms with Gasteiger partial charge in [0.1, 0.15) is 0 Å². The Morgan fingerprint density at radius 2 is 1.90 bits per heavy atom. The first-order valence-electron chi connectivity index (χ1n) is 7.11. The first-order chi connectivity index (χ1) is 9.40. The number of nitrogens with zero attached hydrogens (tertiary/aromatic N) is 1. The van der Waals surface area contributed by atoms with Crippen LogP contribution in [0.15, 0.2) is 17.0 Å². The van der Waals surface area contributed by atoms with Crippen LogP contribution in [0.2, 0.25) is 0 Å². The molecule has 0 unspecified atom stereocenters. The van der Waals surface area contributed by atoms with Crippen molar-refractivity contribution in [3.63, 3.8) is 0 Å². The molecule has 1 aliphatic rings. The zero-order chi connectivity index (χ0) is 14.9. The average Bonchev–Trinajstić information content (AvgIpc) is 3.19. The minimum atomic E-state index is -3.46. The highest BCUT2D eigenvalue weighted by Gasteiger charge is 2.31. The fourth-order valence-electron chi connectivity index (χ4n) is 2.45. The van der Waals surface area contributed by atoms with Crippen molar-refractivity contribution >= 4 is 10.0 Å². The topological polar surface area (TPSA) is 57.6 Å². The predicted molar refractivity (Wildman–Crippen MR) is 79.0 cm³/mol. The van der Waals surface area contributed by atoms with Crippen molar-refractivity contribution in [2.75, 3.05) is 13.1 Å². The molecule has 0 saturated heterocycles. The molecule has 2 rings (SSSR count). The highest BCUT2D eigenvalue weighted by molar-refractivity contribution is 7.89. The SMILES string of the molecule is CCN(CC1CC1)S(=O)(=O)c1cc(CO)c(C)cc1C. The summed E-state index contributed by atoms with van der Waals surface area (Å²) in [4.78, 5) is 0.328. The van der Waals surface area contributed by atoms with E-state index in [2.05, 4.69) is 0 Å². The molecule has 1 fully saturated rings. The van der Waals surface area contributed by atoms with Gasteiger partial charge in [0.15, 0.2) is 0 Å². The van der Waals surface area contributed by atoms with Crippen LogP contribution < -0.4 is 0 Å². The summed E-state index contributed by atoms with van der Waals surface area (Å²) in [5.74, 6) is 0.521. The Hall–Kier alpha value is -0.910. The van der Waals surface area contributed by atoms with Crippen LogP contribution >= 0.6 is 0 Å². The lowest BCUT2D eigenvalue weighted by molar-refractivity contribution is 0.280. The van der Waals surface area contributed by atoms with Crippen LogP contribution in [0.1, 0.15) is 36.5 Å². The van der Waals surface area contributed by atoms with Crippen molar-refractivity contribution in [3.8, 4) is 0 Å². The molecule has 1 aromatic rings. The zero-order valence-electron chi connectivity index (χ0n) is 12.4. The zero-order valence-corrected chi connectivity index (χ0v) is 13.2. The summed E-state index contributed by atoms with van der Waals surface area (Å²) in [6.45, 7) is 6.53. The van der Waals surface area contributed by atoms with Gasteiger partial charge >= 0.3 is 0 Å². The molecule has 0 aliphatic heterocycles. The van der Waals surface area contributed by atoms with Gasteiger partial charge in [0.25, 0.3) is 0 Å². The first kappa shape index (κ1) is 15.5. The molecule has 0 atom stereocenters. The number of aliphatic hydroxyl groups is 1. The standard InChI is InChI=1S/C15H23NO3S/c1-4-16(9-13-5-6-13)20(18,19)15-8-14(10-17)11(2)7-12(15)3/h7-8,13,17H,4-6,9-10H2,1-3H3. The summed E-state index contributed by atoms with van der Waals surface area (Å²) < 4.78 is 27.1. The monoisotopic (exact) mass is 297 g/mol. The van der Waals surface area contributed by atoms with E-state index in [0.29, 0.717) is 29.5 Å². The summed E-state index contributed by atoms with van der Waals surface area (Å²) in [5.41, 5.74) is 2.35. The molecule has 5 heteroatoms. The number of aliphatic hydroxyl groups excluding tert-OH is 1. The van der Waals surface area contributed by atoms with Crippen LogP contribution in [-0.4, -0.2) is 30.9 Å². The van der Waals surface area contributed by atoms with Gasteiger partial charge in [0.05, 0.1) is 11.5 Å². The molecule has 0 radical (unpaired) electrons. The van der Waals surface area contributed by atoms with E-state index in [1.807, 2.05) is 26.8 Å². The van der Waals surface area contributed by atoms with E-state index in [1.165, 1.54) is 0 Å². The normalized spacial score (nSPS) is 15.8. The van der Waals surface area contributed by atoms with Crippen LogP contribution in [0.4, 0.5) is 0 Å². The van der Waals surface area contributed by atoms with Gasteiger partial charge in [-0.2, -0.15) is 4.31 Å². The number of hydrogen-bond acceptors (Lipinski definition) is 3. The molecular weight excluding hydrogens is 274 g/mol. The van der Waals surface area contributed by atoms with Gasteiger partial charge in [-0.15, -0.1) is 0 Å². The number of hydrogen-bond donors (Lipinski definition) is 1. The quantitative estimate of drug-likeness (QED) is 0.876. The average molecular weight is 297 g/mol. The van der Waals surface area contributed by atoms with Gasteiger partial charge in [0, 0.05) is 13.1 Å². The molecule has 1 N–H and O–H groups in total. The molecule has 0 bridgehead atoms. The number of aryl methyl sites for hydroxylation is 2. The van der Waals surface area contributed by atoms with Crippen molar-refractivity contribution in [2.24, 2.45) is 5.92 Å². The minimum absolute atomic E-state index is 0.136. The second-order valence-electron chi connectivity index (χ2n) is 5.60. The van der Waals surface area contributed by atoms with Crippen LogP contribution in [0.3, 0.4) is 0 Å². The van der Waals surface area contributed by atoms with E-state index in [1.54, 1.807) is 10.4 Å². The first-order valence-corrected chi connectivity index (χ1v) is 8.55. The van der Waals surface area contributed by atoms with Crippen LogP contribution in [-0.2, 0) is 16.6 Å². The van der Waals surface area contributed by atoms with Crippen LogP contribution in [0, 0.1) is 19.8 Å². The largest absolute Gasteiger partial charge is 0.392 e. The maximum Gasteiger partial charge on any atom is 0.243 e. The third-order valence-corrected chi connectivity index (χ3v) is 6.02. The Labute approximate surface area is 121 Å². The number of benzene rings is 1. The number of sulfonamides is 1. The van der Waals surface area contributed by atoms with E-state index in [0.717, 1.165) is 24.0 Å². The third kappa shape index (κ3) is 3.05. The summed E-state index contributed by atoms with van der Waals surface area (Å²) in [7, 11) is -3.46. The molecular formula is C15H23NO3S. The van der Waals surface area contributed by atoms with Crippen molar-refractivity contribution in [2.45, 2.75) is 45.1 Å². The Kier molecular flexibility index (Phi) is 4.52. The van der Waals surface area contributed by atoms with Gasteiger partial charge in [-0.05, 0) is 55.4 Å². The van der Waals surface area contributed by atoms with Crippen molar-refractivity contribution in [1.82, 2.24) is 4.31 Å². The lowest BCUT2D eigenvalue weighted by Crippen LogP contribution is -2.33. The maximum absolute atomic E-state index is 12.8. The van der Waals surface area contributed by atoms with Gasteiger partial charge < -0.3 is 5.11 Å². The van der Waals surface area contributed by atoms with E-state index >= 15 is 0 Å². The molecule has 1 saturated carbocycles. The minimum Gasteiger partial charge on any atom is -0.392 e. The van der Waals surface area contributed by atoms with E-state index in [9.17, 15) is 13.5 Å². The Bertz CT molecular complexity index is 591. The summed E-state index contributed by atoms with van der Waals surface area (Å²) in [6.07, 6.45) is 2.25. The van der Waals surface area contributed by atoms with Gasteiger partial charge in [-0.25, -0.2) is 8.42 Å². The fourth-order valence-corrected chi connectivity index (χ4v) is 4.23. The Morgan fingerprint density at radius 1 is 1.25 bits per heavy atom. The van der Waals surface area contributed by atoms with Crippen LogP contribution in [0.5, 0.6) is 0 Å². The Balaban J connectivity index is 2.41. The molecule has 1 aliphatic carbocycles. The molecule has 112 valence electrons. The second kappa shape index (κ2) is 5.84. The highest BCUT2D eigenvalue weighted by Crippen LogP contribution is 2.32. The van der Waals surface area contributed by atoms with Gasteiger partial charge in [-0.3, -0.25) is 0 Å². The molecule has 0 aromatic heterocycles. The smallest absolute Gasteiger partial charge is 0.243 e. The summed E-state index contributed by atoms with van der Waals surface area (Å²) in [5, 5.41) is 9.34. The van der Waals surface area contributed by atoms with Gasteiger partial charge in [-0.1, -0.05) is 13.0 Å². The van der Waals surface area contributed by atoms with Crippen molar-refractivity contribution in [3.05, 3.63) is 28.8 Å². The van der Waals surface area contributed by atoms with Crippen molar-refractivity contribution < 1.29 is 13.5 Å². The maximum atomic E-state index is 12.8. The van der Waals surface area contributed by atoms with E-state index in [-0.39, 0.29) is 6.61 Å². The molecule has 4 nitrogen and oxygen atoms in total.